The first kappa shape index (κ1) is 44.6. The van der Waals surface area contributed by atoms with Gasteiger partial charge in [0.05, 0.1) is 26.9 Å². The molecule has 5 rings (SSSR count). The van der Waals surface area contributed by atoms with Crippen LogP contribution in [0.5, 0.6) is 5.75 Å². The first-order chi connectivity index (χ1) is 26.8. The number of rotatable bonds is 19. The van der Waals surface area contributed by atoms with E-state index < -0.39 is 103 Å². The quantitative estimate of drug-likeness (QED) is 0.0371. The van der Waals surface area contributed by atoms with Crippen LogP contribution < -0.4 is 27.2 Å². The van der Waals surface area contributed by atoms with E-state index in [0.717, 1.165) is 34.3 Å². The summed E-state index contributed by atoms with van der Waals surface area (Å²) in [4.78, 5) is 76.9. The number of nitrogens with zero attached hydrogens (tertiary/aromatic N) is 3. The Balaban J connectivity index is 1.07. The molecular weight excluding hydrogens is 835 g/mol. The molecule has 2 aliphatic heterocycles. The molecule has 11 atom stereocenters. The van der Waals surface area contributed by atoms with Gasteiger partial charge in [-0.15, -0.1) is 0 Å². The minimum atomic E-state index is -6.02. The Kier molecular flexibility index (Phi) is 14.6. The number of benzene rings is 1. The molecule has 4 heterocycles. The van der Waals surface area contributed by atoms with Gasteiger partial charge >= 0.3 is 34.8 Å². The van der Waals surface area contributed by atoms with Crippen molar-refractivity contribution in [2.24, 2.45) is 0 Å². The number of hydrogen-bond acceptors (Lipinski definition) is 20. The van der Waals surface area contributed by atoms with Gasteiger partial charge in [-0.1, -0.05) is 12.1 Å². The summed E-state index contributed by atoms with van der Waals surface area (Å²) in [5.74, 6) is 0.725. The van der Waals surface area contributed by atoms with Crippen molar-refractivity contribution in [3.63, 3.8) is 0 Å². The number of phosphoric acid groups is 3. The molecule has 26 nitrogen and oxygen atoms in total. The number of aryl methyl sites for hydroxylation is 1. The zero-order valence-corrected chi connectivity index (χ0v) is 32.0. The molecule has 9 N–H and O–H groups in total. The molecule has 0 saturated carbocycles. The first-order valence-corrected chi connectivity index (χ1v) is 20.9. The fourth-order valence-electron chi connectivity index (χ4n) is 5.41. The zero-order chi connectivity index (χ0) is 41.7. The third kappa shape index (κ3) is 11.8. The van der Waals surface area contributed by atoms with Crippen LogP contribution in [0.3, 0.4) is 0 Å². The van der Waals surface area contributed by atoms with Gasteiger partial charge in [0.1, 0.15) is 42.4 Å². The second-order valence-corrected chi connectivity index (χ2v) is 16.8. The van der Waals surface area contributed by atoms with Crippen LogP contribution in [0.4, 0.5) is 5.82 Å². The average molecular weight is 874 g/mol. The Morgan fingerprint density at radius 3 is 1.84 bits per heavy atom. The topological polar surface area (TPSA) is 368 Å². The van der Waals surface area contributed by atoms with Crippen molar-refractivity contribution in [1.82, 2.24) is 19.1 Å². The van der Waals surface area contributed by atoms with E-state index in [1.807, 2.05) is 29.2 Å². The SMILES string of the molecule is COc1ccc(CCCONc2ccn([C@@H]3O[C@H](COP(=O)(O)OP(=O)(O)OP(=O)(O)OC[C@H]4O[C@@H](n5ccc(=O)[nH]c5=O)[C@H](O)[C@@H]4O)[C@@H](O)[C@H]3O)c(=O)n2)cc1. The molecule has 0 radical (unpaired) electrons. The predicted molar refractivity (Wildman–Crippen MR) is 186 cm³/mol. The van der Waals surface area contributed by atoms with E-state index in [2.05, 4.69) is 28.1 Å². The Morgan fingerprint density at radius 1 is 0.772 bits per heavy atom. The normalized spacial score (nSPS) is 28.0. The molecule has 3 unspecified atom stereocenters. The number of aliphatic hydroxyl groups excluding tert-OH is 4. The summed E-state index contributed by atoms with van der Waals surface area (Å²) in [6.07, 6.45) is -10.6. The number of hydrogen-bond donors (Lipinski definition) is 9. The summed E-state index contributed by atoms with van der Waals surface area (Å²) >= 11 is 0. The number of nitrogens with one attached hydrogen (secondary N) is 2. The van der Waals surface area contributed by atoms with Gasteiger partial charge in [-0.3, -0.25) is 32.8 Å². The number of aromatic nitrogens is 4. The maximum absolute atomic E-state index is 12.7. The smallest absolute Gasteiger partial charge is 0.490 e. The Labute approximate surface area is 319 Å². The lowest BCUT2D eigenvalue weighted by Gasteiger charge is -2.21. The number of anilines is 1. The van der Waals surface area contributed by atoms with Crippen molar-refractivity contribution in [3.8, 4) is 5.75 Å². The van der Waals surface area contributed by atoms with E-state index in [1.165, 1.54) is 6.07 Å². The summed E-state index contributed by atoms with van der Waals surface area (Å²) in [5, 5.41) is 41.5. The van der Waals surface area contributed by atoms with Gasteiger partial charge in [0.2, 0.25) is 0 Å². The van der Waals surface area contributed by atoms with Crippen molar-refractivity contribution in [2.45, 2.75) is 61.9 Å². The highest BCUT2D eigenvalue weighted by Gasteiger charge is 2.49. The molecule has 0 spiro atoms. The molecular formula is C28H38N5O21P3. The van der Waals surface area contributed by atoms with Crippen LogP contribution in [0.2, 0.25) is 0 Å². The minimum Gasteiger partial charge on any atom is -0.497 e. The van der Waals surface area contributed by atoms with Gasteiger partial charge in [0.15, 0.2) is 18.3 Å². The van der Waals surface area contributed by atoms with E-state index in [0.29, 0.717) is 17.4 Å². The lowest BCUT2D eigenvalue weighted by atomic mass is 10.1. The largest absolute Gasteiger partial charge is 0.497 e. The van der Waals surface area contributed by atoms with Gasteiger partial charge in [-0.25, -0.2) is 28.8 Å². The molecule has 29 heteroatoms. The van der Waals surface area contributed by atoms with Gasteiger partial charge in [-0.2, -0.15) is 13.6 Å². The van der Waals surface area contributed by atoms with Crippen LogP contribution >= 0.6 is 23.5 Å². The maximum Gasteiger partial charge on any atom is 0.490 e. The fraction of sp³-hybridized carbons (Fsp3) is 0.500. The van der Waals surface area contributed by atoms with Crippen LogP contribution in [0, 0.1) is 0 Å². The van der Waals surface area contributed by atoms with Crippen LogP contribution in [0.25, 0.3) is 0 Å². The van der Waals surface area contributed by atoms with Gasteiger partial charge in [-0.05, 0) is 36.6 Å². The van der Waals surface area contributed by atoms with Crippen molar-refractivity contribution in [2.75, 3.05) is 32.4 Å². The highest BCUT2D eigenvalue weighted by atomic mass is 31.3. The molecule has 3 aromatic rings. The van der Waals surface area contributed by atoms with E-state index in [4.69, 9.17) is 19.0 Å². The molecule has 0 amide bonds. The molecule has 0 aliphatic carbocycles. The number of H-pyrrole nitrogens is 1. The first-order valence-electron chi connectivity index (χ1n) is 16.4. The van der Waals surface area contributed by atoms with E-state index >= 15 is 0 Å². The average Bonchev–Trinajstić information content (AvgIpc) is 3.58. The summed E-state index contributed by atoms with van der Waals surface area (Å²) in [5.41, 5.74) is 0.768. The second kappa shape index (κ2) is 18.6. The Morgan fingerprint density at radius 2 is 1.32 bits per heavy atom. The van der Waals surface area contributed by atoms with Gasteiger partial charge in [0.25, 0.3) is 5.56 Å². The number of phosphoric ester groups is 2. The standard InChI is InChI=1S/C28H38N5O21P3/c1-47-16-6-4-15(5-7-16)3-2-12-48-31-19-8-10-32(27(39)29-19)25-23(37)21(35)17(51-25)13-49-55(41,42)53-57(45,46)54-56(43,44)50-14-18-22(36)24(38)26(52-18)33-11-9-20(34)30-28(33)40/h4-11,17-18,21-26,35-38H,2-3,12-14H2,1H3,(H,41,42)(H,43,44)(H,45,46)(H,29,31,39)(H,30,34,40)/t17-,18-,21-,22-,23-,24-,25-,26-/m1/s1. The summed E-state index contributed by atoms with van der Waals surface area (Å²) in [6, 6.07) is 9.67. The maximum atomic E-state index is 12.7. The number of methoxy groups -OCH3 is 1. The third-order valence-corrected chi connectivity index (χ3v) is 12.4. The van der Waals surface area contributed by atoms with Crippen LogP contribution in [0.15, 0.2) is 63.2 Å². The molecule has 2 fully saturated rings. The lowest BCUT2D eigenvalue weighted by molar-refractivity contribution is -0.0548. The highest BCUT2D eigenvalue weighted by Crippen LogP contribution is 2.67. The van der Waals surface area contributed by atoms with E-state index in [-0.39, 0.29) is 12.4 Å². The zero-order valence-electron chi connectivity index (χ0n) is 29.3. The van der Waals surface area contributed by atoms with Crippen molar-refractivity contribution >= 4 is 29.3 Å². The summed E-state index contributed by atoms with van der Waals surface area (Å²) in [6.45, 7) is -2.01. The summed E-state index contributed by atoms with van der Waals surface area (Å²) < 4.78 is 71.5. The van der Waals surface area contributed by atoms with Gasteiger partial charge in [0, 0.05) is 18.5 Å². The molecule has 1 aromatic carbocycles. The molecule has 0 bridgehead atoms. The van der Waals surface area contributed by atoms with Crippen molar-refractivity contribution < 1.29 is 85.5 Å². The van der Waals surface area contributed by atoms with E-state index in [1.54, 1.807) is 7.11 Å². The predicted octanol–water partition coefficient (Wildman–Crippen LogP) is -1.62. The minimum absolute atomic E-state index is 0.00185. The second-order valence-electron chi connectivity index (χ2n) is 12.2. The third-order valence-electron chi connectivity index (χ3n) is 8.17. The number of aliphatic hydroxyl groups is 4. The number of ether oxygens (including phenoxy) is 3. The van der Waals surface area contributed by atoms with Crippen LogP contribution in [-0.4, -0.2) is 118 Å². The highest BCUT2D eigenvalue weighted by molar-refractivity contribution is 7.66. The monoisotopic (exact) mass is 873 g/mol. The van der Waals surface area contributed by atoms with Crippen molar-refractivity contribution in [3.05, 3.63) is 85.7 Å². The number of aromatic amines is 1. The fourth-order valence-corrected chi connectivity index (χ4v) is 8.93. The molecule has 2 aromatic heterocycles. The van der Waals surface area contributed by atoms with Crippen LogP contribution in [0.1, 0.15) is 24.4 Å². The molecule has 57 heavy (non-hydrogen) atoms. The lowest BCUT2D eigenvalue weighted by Crippen LogP contribution is -2.37. The Hall–Kier alpha value is -3.49. The van der Waals surface area contributed by atoms with Crippen molar-refractivity contribution in [1.29, 1.82) is 0 Å². The Bertz CT molecular complexity index is 2170. The van der Waals surface area contributed by atoms with E-state index in [9.17, 15) is 63.2 Å². The summed E-state index contributed by atoms with van der Waals surface area (Å²) in [7, 11) is -15.9. The molecule has 2 saturated heterocycles. The molecule has 2 aliphatic rings. The molecule has 316 valence electrons. The van der Waals surface area contributed by atoms with Crippen LogP contribution in [-0.2, 0) is 52.1 Å². The van der Waals surface area contributed by atoms with Gasteiger partial charge < -0.3 is 49.3 Å².